The Bertz CT molecular complexity index is 1220. The van der Waals surface area contributed by atoms with Gasteiger partial charge in [0.25, 0.3) is 0 Å². The molecule has 0 aliphatic carbocycles. The van der Waals surface area contributed by atoms with Crippen LogP contribution in [0.15, 0.2) is 77.7 Å². The maximum Gasteiger partial charge on any atom is 0.315 e. The molecule has 4 N–H and O–H groups in total. The zero-order valence-electron chi connectivity index (χ0n) is 22.2. The second-order valence-electron chi connectivity index (χ2n) is 9.32. The molecule has 0 bridgehead atoms. The first-order valence-corrected chi connectivity index (χ1v) is 14.0. The molecule has 3 atom stereocenters. The fourth-order valence-corrected chi connectivity index (χ4v) is 5.17. The van der Waals surface area contributed by atoms with Crippen LogP contribution in [-0.2, 0) is 27.4 Å². The van der Waals surface area contributed by atoms with Gasteiger partial charge in [-0.15, -0.1) is 11.8 Å². The second-order valence-corrected chi connectivity index (χ2v) is 10.4. The van der Waals surface area contributed by atoms with E-state index in [0.717, 1.165) is 38.6 Å². The molecule has 0 radical (unpaired) electrons. The smallest absolute Gasteiger partial charge is 0.315 e. The number of urea groups is 1. The first-order valence-electron chi connectivity index (χ1n) is 13.0. The molecular weight excluding hydrogens is 514 g/mol. The van der Waals surface area contributed by atoms with Crippen LogP contribution in [0.5, 0.6) is 0 Å². The van der Waals surface area contributed by atoms with Crippen LogP contribution in [0.2, 0.25) is 0 Å². The summed E-state index contributed by atoms with van der Waals surface area (Å²) in [6.07, 6.45) is -0.0753. The number of benzene rings is 3. The quantitative estimate of drug-likeness (QED) is 0.256. The highest BCUT2D eigenvalue weighted by molar-refractivity contribution is 7.99. The third-order valence-corrected chi connectivity index (χ3v) is 7.41. The number of carbonyl (C=O) groups excluding carboxylic acids is 2. The predicted molar refractivity (Wildman–Crippen MR) is 152 cm³/mol. The summed E-state index contributed by atoms with van der Waals surface area (Å²) in [7, 11) is 0. The number of ether oxygens (including phenoxy) is 2. The molecular formula is C30H35N3O5S. The van der Waals surface area contributed by atoms with E-state index in [9.17, 15) is 14.7 Å². The molecule has 3 aromatic rings. The van der Waals surface area contributed by atoms with E-state index in [-0.39, 0.29) is 30.8 Å². The van der Waals surface area contributed by atoms with Gasteiger partial charge in [0.2, 0.25) is 5.91 Å². The number of hydrogen-bond acceptors (Lipinski definition) is 6. The lowest BCUT2D eigenvalue weighted by molar-refractivity contribution is -0.245. The molecule has 0 aromatic heterocycles. The van der Waals surface area contributed by atoms with Crippen molar-refractivity contribution in [1.82, 2.24) is 10.6 Å². The number of rotatable bonds is 10. The van der Waals surface area contributed by atoms with Crippen LogP contribution in [0.4, 0.5) is 10.5 Å². The van der Waals surface area contributed by atoms with Crippen molar-refractivity contribution in [1.29, 1.82) is 0 Å². The van der Waals surface area contributed by atoms with Crippen LogP contribution >= 0.6 is 11.8 Å². The van der Waals surface area contributed by atoms with Crippen molar-refractivity contribution >= 4 is 29.4 Å². The van der Waals surface area contributed by atoms with Gasteiger partial charge in [-0.1, -0.05) is 48.5 Å². The third kappa shape index (κ3) is 8.56. The van der Waals surface area contributed by atoms with E-state index >= 15 is 0 Å². The Labute approximate surface area is 233 Å². The van der Waals surface area contributed by atoms with Gasteiger partial charge >= 0.3 is 6.03 Å². The standard InChI is InChI=1S/C30H35N3O5S/c1-3-31-30(36)32-17-21-4-10-24(11-5-21)29-37-26(16-28(38-29)23-8-6-22(18-34)7-9-23)19-39-27-14-12-25(13-15-27)33-20(2)35/h4-15,26,28-29,34H,3,16-19H2,1-2H3,(H,33,35)(H2,31,32,36). The number of thioether (sulfide) groups is 1. The van der Waals surface area contributed by atoms with E-state index in [1.165, 1.54) is 6.92 Å². The van der Waals surface area contributed by atoms with Crippen molar-refractivity contribution in [2.24, 2.45) is 0 Å². The van der Waals surface area contributed by atoms with Crippen LogP contribution in [0.1, 0.15) is 54.9 Å². The summed E-state index contributed by atoms with van der Waals surface area (Å²) in [5.74, 6) is 0.639. The fraction of sp³-hybridized carbons (Fsp3) is 0.333. The Morgan fingerprint density at radius 1 is 0.897 bits per heavy atom. The number of nitrogens with one attached hydrogen (secondary N) is 3. The fourth-order valence-electron chi connectivity index (χ4n) is 4.25. The highest BCUT2D eigenvalue weighted by Gasteiger charge is 2.32. The molecule has 1 aliphatic rings. The van der Waals surface area contributed by atoms with Gasteiger partial charge in [0, 0.05) is 48.3 Å². The maximum atomic E-state index is 11.7. The maximum absolute atomic E-state index is 11.7. The van der Waals surface area contributed by atoms with E-state index in [1.807, 2.05) is 79.7 Å². The van der Waals surface area contributed by atoms with Gasteiger partial charge in [0.1, 0.15) is 0 Å². The molecule has 0 saturated carbocycles. The minimum atomic E-state index is -0.542. The SMILES string of the molecule is CCNC(=O)NCc1ccc(C2OC(CSc3ccc(NC(C)=O)cc3)CC(c3ccc(CO)cc3)O2)cc1. The minimum absolute atomic E-state index is 0.00115. The van der Waals surface area contributed by atoms with Crippen LogP contribution in [0, 0.1) is 0 Å². The summed E-state index contributed by atoms with van der Waals surface area (Å²) in [6.45, 7) is 4.37. The van der Waals surface area contributed by atoms with Crippen LogP contribution in [-0.4, -0.2) is 35.4 Å². The lowest BCUT2D eigenvalue weighted by Crippen LogP contribution is -2.34. The molecule has 8 nitrogen and oxygen atoms in total. The summed E-state index contributed by atoms with van der Waals surface area (Å²) in [5.41, 5.74) is 4.55. The lowest BCUT2D eigenvalue weighted by atomic mass is 10.0. The van der Waals surface area contributed by atoms with E-state index < -0.39 is 6.29 Å². The Morgan fingerprint density at radius 3 is 2.21 bits per heavy atom. The van der Waals surface area contributed by atoms with Gasteiger partial charge in [-0.05, 0) is 47.9 Å². The van der Waals surface area contributed by atoms with Crippen molar-refractivity contribution in [2.45, 2.75) is 56.8 Å². The van der Waals surface area contributed by atoms with Crippen molar-refractivity contribution in [3.8, 4) is 0 Å². The highest BCUT2D eigenvalue weighted by Crippen LogP contribution is 2.39. The normalized spacial score (nSPS) is 18.8. The Morgan fingerprint density at radius 2 is 1.56 bits per heavy atom. The summed E-state index contributed by atoms with van der Waals surface area (Å²) in [4.78, 5) is 24.1. The molecule has 4 rings (SSSR count). The number of amides is 3. The van der Waals surface area contributed by atoms with E-state index in [1.54, 1.807) is 11.8 Å². The van der Waals surface area contributed by atoms with E-state index in [2.05, 4.69) is 16.0 Å². The molecule has 39 heavy (non-hydrogen) atoms. The monoisotopic (exact) mass is 549 g/mol. The largest absolute Gasteiger partial charge is 0.392 e. The predicted octanol–water partition coefficient (Wildman–Crippen LogP) is 5.29. The van der Waals surface area contributed by atoms with E-state index in [0.29, 0.717) is 19.5 Å². The first-order chi connectivity index (χ1) is 18.9. The van der Waals surface area contributed by atoms with Gasteiger partial charge < -0.3 is 30.5 Å². The minimum Gasteiger partial charge on any atom is -0.392 e. The van der Waals surface area contributed by atoms with Crippen LogP contribution in [0.3, 0.4) is 0 Å². The molecule has 0 spiro atoms. The van der Waals surface area contributed by atoms with Gasteiger partial charge in [-0.25, -0.2) is 4.79 Å². The van der Waals surface area contributed by atoms with Gasteiger partial charge in [0.05, 0.1) is 18.8 Å². The molecule has 3 aromatic carbocycles. The van der Waals surface area contributed by atoms with Gasteiger partial charge in [-0.2, -0.15) is 0 Å². The van der Waals surface area contributed by atoms with Crippen molar-refractivity contribution in [3.63, 3.8) is 0 Å². The molecule has 1 fully saturated rings. The number of aliphatic hydroxyl groups is 1. The van der Waals surface area contributed by atoms with Crippen molar-refractivity contribution in [3.05, 3.63) is 95.1 Å². The number of anilines is 1. The molecule has 1 aliphatic heterocycles. The van der Waals surface area contributed by atoms with Crippen LogP contribution in [0.25, 0.3) is 0 Å². The number of carbonyl (C=O) groups is 2. The van der Waals surface area contributed by atoms with Crippen LogP contribution < -0.4 is 16.0 Å². The highest BCUT2D eigenvalue weighted by atomic mass is 32.2. The summed E-state index contributed by atoms with van der Waals surface area (Å²) < 4.78 is 12.8. The second kappa shape index (κ2) is 14.1. The first kappa shape index (κ1) is 28.6. The number of hydrogen-bond donors (Lipinski definition) is 4. The average molecular weight is 550 g/mol. The molecule has 1 heterocycles. The zero-order valence-corrected chi connectivity index (χ0v) is 23.0. The Hall–Kier alpha value is -3.37. The molecule has 9 heteroatoms. The topological polar surface area (TPSA) is 109 Å². The number of aliphatic hydroxyl groups excluding tert-OH is 1. The summed E-state index contributed by atoms with van der Waals surface area (Å²) in [5, 5.41) is 17.8. The summed E-state index contributed by atoms with van der Waals surface area (Å²) in [6, 6.07) is 23.3. The third-order valence-electron chi connectivity index (χ3n) is 6.27. The molecule has 1 saturated heterocycles. The van der Waals surface area contributed by atoms with E-state index in [4.69, 9.17) is 9.47 Å². The van der Waals surface area contributed by atoms with Crippen molar-refractivity contribution in [2.75, 3.05) is 17.6 Å². The Balaban J connectivity index is 1.45. The summed E-state index contributed by atoms with van der Waals surface area (Å²) >= 11 is 1.70. The lowest BCUT2D eigenvalue weighted by Gasteiger charge is -2.36. The van der Waals surface area contributed by atoms with Crippen molar-refractivity contribution < 1.29 is 24.2 Å². The Kier molecular flexibility index (Phi) is 10.4. The van der Waals surface area contributed by atoms with Gasteiger partial charge in [-0.3, -0.25) is 4.79 Å². The molecule has 3 unspecified atom stereocenters. The average Bonchev–Trinajstić information content (AvgIpc) is 2.96. The zero-order chi connectivity index (χ0) is 27.6. The molecule has 206 valence electrons. The van der Waals surface area contributed by atoms with Gasteiger partial charge in [0.15, 0.2) is 6.29 Å². The molecule has 3 amide bonds.